The zero-order valence-corrected chi connectivity index (χ0v) is 21.7. The summed E-state index contributed by atoms with van der Waals surface area (Å²) in [4.78, 5) is 22.0. The number of pyridine rings is 1. The summed E-state index contributed by atoms with van der Waals surface area (Å²) in [5.74, 6) is 2.30. The van der Waals surface area contributed by atoms with E-state index in [0.717, 1.165) is 22.9 Å². The van der Waals surface area contributed by atoms with Crippen LogP contribution in [0.2, 0.25) is 0 Å². The number of carbonyl (C=O) groups is 1. The van der Waals surface area contributed by atoms with E-state index in [0.29, 0.717) is 28.3 Å². The maximum absolute atomic E-state index is 12.2. The Morgan fingerprint density at radius 2 is 1.86 bits per heavy atom. The molecular weight excluding hydrogens is 486 g/mol. The fourth-order valence-corrected chi connectivity index (χ4v) is 5.27. The van der Waals surface area contributed by atoms with Crippen molar-refractivity contribution in [3.63, 3.8) is 0 Å². The van der Waals surface area contributed by atoms with Gasteiger partial charge in [-0.2, -0.15) is 5.53 Å². The van der Waals surface area contributed by atoms with Gasteiger partial charge in [0.2, 0.25) is 0 Å². The van der Waals surface area contributed by atoms with E-state index in [4.69, 9.17) is 20.5 Å². The first kappa shape index (κ1) is 28.1. The molecule has 0 aliphatic carbocycles. The molecule has 0 aliphatic rings. The molecule has 0 saturated heterocycles. The first-order chi connectivity index (χ1) is 17.0. The third-order valence-electron chi connectivity index (χ3n) is 4.44. The zero-order chi connectivity index (χ0) is 25.5. The number of oxime groups is 1. The topological polar surface area (TPSA) is 136 Å². The van der Waals surface area contributed by atoms with Crippen LogP contribution < -0.4 is 5.32 Å². The lowest BCUT2D eigenvalue weighted by Gasteiger charge is -2.14. The van der Waals surface area contributed by atoms with Gasteiger partial charge in [-0.15, -0.1) is 23.5 Å². The van der Waals surface area contributed by atoms with Crippen LogP contribution in [0.5, 0.6) is 0 Å². The van der Waals surface area contributed by atoms with Crippen LogP contribution in [-0.4, -0.2) is 57.4 Å². The summed E-state index contributed by atoms with van der Waals surface area (Å²) >= 11 is 3.71. The van der Waals surface area contributed by atoms with E-state index >= 15 is 0 Å². The maximum atomic E-state index is 12.2. The van der Waals surface area contributed by atoms with Crippen molar-refractivity contribution in [2.45, 2.75) is 31.5 Å². The number of carbonyl (C=O) groups excluding carboxylic acids is 1. The second-order valence-corrected chi connectivity index (χ2v) is 10.2. The summed E-state index contributed by atoms with van der Waals surface area (Å²) in [5.41, 5.74) is 8.55. The molecule has 0 atom stereocenters. The van der Waals surface area contributed by atoms with E-state index in [2.05, 4.69) is 34.5 Å². The van der Waals surface area contributed by atoms with E-state index in [1.54, 1.807) is 30.3 Å². The van der Waals surface area contributed by atoms with E-state index < -0.39 is 6.09 Å². The zero-order valence-electron chi connectivity index (χ0n) is 20.1. The highest BCUT2D eigenvalue weighted by atomic mass is 32.2. The lowest BCUT2D eigenvalue weighted by molar-refractivity contribution is 0.128. The van der Waals surface area contributed by atoms with Crippen molar-refractivity contribution in [1.29, 1.82) is 10.9 Å². The second kappa shape index (κ2) is 15.7. The molecular formula is C23H31N7O3S2. The average Bonchev–Trinajstić information content (AvgIpc) is 2.87. The van der Waals surface area contributed by atoms with Crippen molar-refractivity contribution in [1.82, 2.24) is 9.99 Å². The SMILES string of the molecule is CCSC(CCOC(=O)Nc1cccc(CO/N=C(\C(=N)N(C)N=N)c2ccccc2)n1)SCC. The molecule has 2 rings (SSSR count). The normalized spacial score (nSPS) is 11.1. The molecule has 0 aliphatic heterocycles. The van der Waals surface area contributed by atoms with Crippen molar-refractivity contribution in [3.05, 3.63) is 59.8 Å². The maximum Gasteiger partial charge on any atom is 0.412 e. The second-order valence-electron chi connectivity index (χ2n) is 6.96. The number of hydrogen-bond donors (Lipinski definition) is 3. The Bertz CT molecular complexity index is 986. The standard InChI is InChI=1S/C23H31N7O3S2/c1-4-34-20(35-5-2)14-15-32-23(31)27-19-13-9-12-18(26-19)16-33-28-21(22(24)30(3)29-25)17-10-7-6-8-11-17/h6-13,20,24-25H,4-5,14-16H2,1-3H3,(H,26,27,31)/b24-22?,28-21-,29-25?. The Morgan fingerprint density at radius 1 is 1.14 bits per heavy atom. The minimum atomic E-state index is -0.558. The minimum Gasteiger partial charge on any atom is -0.449 e. The monoisotopic (exact) mass is 517 g/mol. The molecule has 1 aromatic carbocycles. The number of nitrogens with one attached hydrogen (secondary N) is 3. The number of nitrogens with zero attached hydrogens (tertiary/aromatic N) is 4. The van der Waals surface area contributed by atoms with Gasteiger partial charge in [-0.1, -0.05) is 60.6 Å². The Hall–Kier alpha value is -3.12. The lowest BCUT2D eigenvalue weighted by atomic mass is 10.1. The van der Waals surface area contributed by atoms with Gasteiger partial charge in [-0.3, -0.25) is 10.7 Å². The Kier molecular flexibility index (Phi) is 12.6. The highest BCUT2D eigenvalue weighted by Crippen LogP contribution is 2.26. The molecule has 10 nitrogen and oxygen atoms in total. The number of amidine groups is 1. The predicted molar refractivity (Wildman–Crippen MR) is 142 cm³/mol. The van der Waals surface area contributed by atoms with E-state index in [1.165, 1.54) is 7.05 Å². The fraction of sp³-hybridized carbons (Fsp3) is 0.391. The third-order valence-corrected chi connectivity index (χ3v) is 7.14. The van der Waals surface area contributed by atoms with E-state index in [1.807, 2.05) is 41.7 Å². The predicted octanol–water partition coefficient (Wildman–Crippen LogP) is 5.63. The molecule has 3 N–H and O–H groups in total. The van der Waals surface area contributed by atoms with Crippen molar-refractivity contribution >= 4 is 47.0 Å². The molecule has 0 unspecified atom stereocenters. The van der Waals surface area contributed by atoms with Gasteiger partial charge in [0, 0.05) is 19.0 Å². The van der Waals surface area contributed by atoms with Crippen LogP contribution in [0.3, 0.4) is 0 Å². The van der Waals surface area contributed by atoms with E-state index in [-0.39, 0.29) is 18.2 Å². The molecule has 0 spiro atoms. The molecule has 1 heterocycles. The van der Waals surface area contributed by atoms with E-state index in [9.17, 15) is 4.79 Å². The molecule has 1 aromatic heterocycles. The molecule has 2 aromatic rings. The number of ether oxygens (including phenoxy) is 1. The third kappa shape index (κ3) is 9.95. The van der Waals surface area contributed by atoms with Crippen LogP contribution in [0.1, 0.15) is 31.5 Å². The van der Waals surface area contributed by atoms with Gasteiger partial charge in [-0.05, 0) is 23.6 Å². The Balaban J connectivity index is 1.94. The van der Waals surface area contributed by atoms with Crippen LogP contribution in [-0.2, 0) is 16.2 Å². The number of hydrogen-bond acceptors (Lipinski definition) is 10. The largest absolute Gasteiger partial charge is 0.449 e. The Labute approximate surface area is 214 Å². The lowest BCUT2D eigenvalue weighted by Crippen LogP contribution is -2.29. The summed E-state index contributed by atoms with van der Waals surface area (Å²) in [6.07, 6.45) is 0.225. The number of likely N-dealkylation sites (N-methyl/N-ethyl adjacent to an activating group) is 1. The van der Waals surface area contributed by atoms with Gasteiger partial charge in [0.05, 0.1) is 16.9 Å². The molecule has 0 saturated carbocycles. The first-order valence-electron chi connectivity index (χ1n) is 11.1. The fourth-order valence-electron chi connectivity index (χ4n) is 2.80. The minimum absolute atomic E-state index is 0.0140. The van der Waals surface area contributed by atoms with Gasteiger partial charge in [-0.25, -0.2) is 14.8 Å². The summed E-state index contributed by atoms with van der Waals surface area (Å²) in [5, 5.41) is 19.3. The smallest absolute Gasteiger partial charge is 0.412 e. The van der Waals surface area contributed by atoms with Crippen molar-refractivity contribution in [2.75, 3.05) is 30.5 Å². The summed E-state index contributed by atoms with van der Waals surface area (Å²) < 4.78 is 5.72. The van der Waals surface area contributed by atoms with Gasteiger partial charge in [0.25, 0.3) is 0 Å². The number of thioether (sulfide) groups is 2. The highest BCUT2D eigenvalue weighted by molar-refractivity contribution is 8.16. The number of rotatable bonds is 14. The Morgan fingerprint density at radius 3 is 2.51 bits per heavy atom. The summed E-state index contributed by atoms with van der Waals surface area (Å²) in [7, 11) is 1.48. The first-order valence-corrected chi connectivity index (χ1v) is 13.2. The van der Waals surface area contributed by atoms with Crippen LogP contribution in [0, 0.1) is 10.9 Å². The molecule has 0 fully saturated rings. The summed E-state index contributed by atoms with van der Waals surface area (Å²) in [6, 6.07) is 14.2. The number of anilines is 1. The van der Waals surface area contributed by atoms with Crippen molar-refractivity contribution in [2.24, 2.45) is 10.4 Å². The van der Waals surface area contributed by atoms with Crippen LogP contribution in [0.4, 0.5) is 10.6 Å². The molecule has 0 radical (unpaired) electrons. The number of amides is 1. The van der Waals surface area contributed by atoms with Crippen molar-refractivity contribution in [3.8, 4) is 0 Å². The molecule has 35 heavy (non-hydrogen) atoms. The molecule has 12 heteroatoms. The van der Waals surface area contributed by atoms with Crippen LogP contribution >= 0.6 is 23.5 Å². The quantitative estimate of drug-likeness (QED) is 0.0971. The molecule has 1 amide bonds. The van der Waals surface area contributed by atoms with Crippen LogP contribution in [0.25, 0.3) is 0 Å². The number of aromatic nitrogens is 1. The summed E-state index contributed by atoms with van der Waals surface area (Å²) in [6.45, 7) is 4.59. The molecule has 188 valence electrons. The number of benzene rings is 1. The van der Waals surface area contributed by atoms with Gasteiger partial charge in [0.15, 0.2) is 18.2 Å². The average molecular weight is 518 g/mol. The van der Waals surface area contributed by atoms with Gasteiger partial charge in [0.1, 0.15) is 5.82 Å². The van der Waals surface area contributed by atoms with Crippen LogP contribution in [0.15, 0.2) is 58.9 Å². The van der Waals surface area contributed by atoms with Crippen molar-refractivity contribution < 1.29 is 14.4 Å². The highest BCUT2D eigenvalue weighted by Gasteiger charge is 2.16. The molecule has 0 bridgehead atoms. The van der Waals surface area contributed by atoms with Gasteiger partial charge < -0.3 is 9.57 Å². The van der Waals surface area contributed by atoms with Gasteiger partial charge >= 0.3 is 6.09 Å².